The third-order valence-electron chi connectivity index (χ3n) is 3.40. The van der Waals surface area contributed by atoms with Crippen molar-refractivity contribution in [3.8, 4) is 0 Å². The Morgan fingerprint density at radius 3 is 2.44 bits per heavy atom. The first-order chi connectivity index (χ1) is 8.39. The molecule has 0 bridgehead atoms. The van der Waals surface area contributed by atoms with Crippen molar-refractivity contribution in [2.24, 2.45) is 5.92 Å². The lowest BCUT2D eigenvalue weighted by atomic mass is 9.87. The minimum absolute atomic E-state index is 0.00907. The Morgan fingerprint density at radius 1 is 1.28 bits per heavy atom. The van der Waals surface area contributed by atoms with E-state index in [0.29, 0.717) is 12.3 Å². The maximum atomic E-state index is 11.7. The number of carboxylic acids is 1. The molecule has 1 aliphatic rings. The van der Waals surface area contributed by atoms with Crippen molar-refractivity contribution in [1.82, 2.24) is 5.32 Å². The van der Waals surface area contributed by atoms with Crippen LogP contribution in [0.1, 0.15) is 51.9 Å². The van der Waals surface area contributed by atoms with E-state index in [1.165, 1.54) is 26.2 Å². The van der Waals surface area contributed by atoms with Crippen molar-refractivity contribution >= 4 is 11.9 Å². The van der Waals surface area contributed by atoms with Gasteiger partial charge in [0.2, 0.25) is 5.91 Å². The second-order valence-corrected chi connectivity index (χ2v) is 5.55. The molecule has 0 aromatic heterocycles. The van der Waals surface area contributed by atoms with Gasteiger partial charge < -0.3 is 15.5 Å². The Kier molecular flexibility index (Phi) is 5.59. The van der Waals surface area contributed by atoms with E-state index in [4.69, 9.17) is 5.11 Å². The molecule has 0 aromatic carbocycles. The maximum absolute atomic E-state index is 11.7. The molecule has 0 spiro atoms. The first-order valence-corrected chi connectivity index (χ1v) is 6.60. The summed E-state index contributed by atoms with van der Waals surface area (Å²) in [5.41, 5.74) is -1.38. The van der Waals surface area contributed by atoms with Crippen LogP contribution in [0.2, 0.25) is 0 Å². The lowest BCUT2D eigenvalue weighted by Crippen LogP contribution is -2.42. The van der Waals surface area contributed by atoms with Crippen molar-refractivity contribution in [3.05, 3.63) is 0 Å². The highest BCUT2D eigenvalue weighted by Gasteiger charge is 2.25. The van der Waals surface area contributed by atoms with Gasteiger partial charge in [0.25, 0.3) is 0 Å². The van der Waals surface area contributed by atoms with Gasteiger partial charge >= 0.3 is 5.97 Å². The zero-order valence-electron chi connectivity index (χ0n) is 10.9. The highest BCUT2D eigenvalue weighted by molar-refractivity contribution is 5.76. The van der Waals surface area contributed by atoms with Gasteiger partial charge in [-0.2, -0.15) is 0 Å². The SMILES string of the molecule is CC(O)(CNC(=O)CC1CCCCC1)CC(=O)O. The molecule has 1 aliphatic carbocycles. The van der Waals surface area contributed by atoms with Crippen LogP contribution in [0.5, 0.6) is 0 Å². The summed E-state index contributed by atoms with van der Waals surface area (Å²) in [7, 11) is 0. The number of aliphatic carboxylic acids is 1. The molecule has 1 rings (SSSR count). The van der Waals surface area contributed by atoms with Crippen molar-refractivity contribution < 1.29 is 19.8 Å². The Balaban J connectivity index is 2.25. The lowest BCUT2D eigenvalue weighted by Gasteiger charge is -2.24. The number of carbonyl (C=O) groups excluding carboxylic acids is 1. The van der Waals surface area contributed by atoms with E-state index in [1.807, 2.05) is 0 Å². The molecule has 18 heavy (non-hydrogen) atoms. The van der Waals surface area contributed by atoms with Crippen LogP contribution in [0.4, 0.5) is 0 Å². The second-order valence-electron chi connectivity index (χ2n) is 5.55. The molecule has 5 heteroatoms. The average Bonchev–Trinajstić information content (AvgIpc) is 2.26. The van der Waals surface area contributed by atoms with Crippen LogP contribution in [0, 0.1) is 5.92 Å². The molecule has 1 atom stereocenters. The molecule has 3 N–H and O–H groups in total. The van der Waals surface area contributed by atoms with Crippen molar-refractivity contribution in [2.75, 3.05) is 6.54 Å². The highest BCUT2D eigenvalue weighted by atomic mass is 16.4. The smallest absolute Gasteiger partial charge is 0.306 e. The summed E-state index contributed by atoms with van der Waals surface area (Å²) < 4.78 is 0. The number of amides is 1. The number of rotatable bonds is 6. The molecule has 0 heterocycles. The van der Waals surface area contributed by atoms with E-state index in [2.05, 4.69) is 5.32 Å². The van der Waals surface area contributed by atoms with Crippen molar-refractivity contribution in [2.45, 2.75) is 57.5 Å². The molecule has 1 fully saturated rings. The number of hydrogen-bond acceptors (Lipinski definition) is 3. The molecule has 0 saturated heterocycles. The molecule has 1 amide bonds. The van der Waals surface area contributed by atoms with Crippen LogP contribution >= 0.6 is 0 Å². The summed E-state index contributed by atoms with van der Waals surface area (Å²) in [6.07, 6.45) is 5.95. The molecule has 0 radical (unpaired) electrons. The van der Waals surface area contributed by atoms with E-state index >= 15 is 0 Å². The molecule has 5 nitrogen and oxygen atoms in total. The monoisotopic (exact) mass is 257 g/mol. The summed E-state index contributed by atoms with van der Waals surface area (Å²) in [4.78, 5) is 22.2. The van der Waals surface area contributed by atoms with Gasteiger partial charge in [0.05, 0.1) is 12.0 Å². The van der Waals surface area contributed by atoms with Gasteiger partial charge in [-0.05, 0) is 25.7 Å². The topological polar surface area (TPSA) is 86.6 Å². The Bertz CT molecular complexity index is 295. The molecular weight excluding hydrogens is 234 g/mol. The average molecular weight is 257 g/mol. The standard InChI is InChI=1S/C13H23NO4/c1-13(18,8-12(16)17)9-14-11(15)7-10-5-3-2-4-6-10/h10,18H,2-9H2,1H3,(H,14,15)(H,16,17). The Labute approximate surface area is 108 Å². The van der Waals surface area contributed by atoms with Gasteiger partial charge in [-0.15, -0.1) is 0 Å². The first-order valence-electron chi connectivity index (χ1n) is 6.60. The third kappa shape index (κ3) is 6.00. The molecule has 0 aromatic rings. The van der Waals surface area contributed by atoms with E-state index in [-0.39, 0.29) is 18.9 Å². The Hall–Kier alpha value is -1.10. The van der Waals surface area contributed by atoms with Crippen LogP contribution in [-0.2, 0) is 9.59 Å². The minimum Gasteiger partial charge on any atom is -0.481 e. The van der Waals surface area contributed by atoms with Gasteiger partial charge in [0.15, 0.2) is 0 Å². The maximum Gasteiger partial charge on any atom is 0.306 e. The Morgan fingerprint density at radius 2 is 1.89 bits per heavy atom. The molecule has 1 saturated carbocycles. The van der Waals surface area contributed by atoms with Crippen LogP contribution in [0.15, 0.2) is 0 Å². The summed E-state index contributed by atoms with van der Waals surface area (Å²) >= 11 is 0. The van der Waals surface area contributed by atoms with Crippen molar-refractivity contribution in [3.63, 3.8) is 0 Å². The first kappa shape index (κ1) is 15.0. The van der Waals surface area contributed by atoms with Gasteiger partial charge in [-0.3, -0.25) is 9.59 Å². The lowest BCUT2D eigenvalue weighted by molar-refractivity contribution is -0.142. The van der Waals surface area contributed by atoms with Crippen LogP contribution in [0.3, 0.4) is 0 Å². The fourth-order valence-corrected chi connectivity index (χ4v) is 2.40. The number of carboxylic acid groups (broad SMARTS) is 1. The van der Waals surface area contributed by atoms with Gasteiger partial charge in [0, 0.05) is 13.0 Å². The number of aliphatic hydroxyl groups is 1. The predicted molar refractivity (Wildman–Crippen MR) is 67.1 cm³/mol. The van der Waals surface area contributed by atoms with Crippen LogP contribution < -0.4 is 5.32 Å². The number of carbonyl (C=O) groups is 2. The predicted octanol–water partition coefficient (Wildman–Crippen LogP) is 1.30. The summed E-state index contributed by atoms with van der Waals surface area (Å²) in [5.74, 6) is -0.711. The summed E-state index contributed by atoms with van der Waals surface area (Å²) in [5, 5.41) is 21.0. The largest absolute Gasteiger partial charge is 0.481 e. The summed E-state index contributed by atoms with van der Waals surface area (Å²) in [6.45, 7) is 1.41. The molecule has 0 aliphatic heterocycles. The van der Waals surface area contributed by atoms with Crippen molar-refractivity contribution in [1.29, 1.82) is 0 Å². The molecule has 1 unspecified atom stereocenters. The van der Waals surface area contributed by atoms with E-state index in [0.717, 1.165) is 12.8 Å². The van der Waals surface area contributed by atoms with Gasteiger partial charge in [-0.25, -0.2) is 0 Å². The fraction of sp³-hybridized carbons (Fsp3) is 0.846. The fourth-order valence-electron chi connectivity index (χ4n) is 2.40. The number of hydrogen-bond donors (Lipinski definition) is 3. The second kappa shape index (κ2) is 6.73. The zero-order chi connectivity index (χ0) is 13.6. The van der Waals surface area contributed by atoms with Gasteiger partial charge in [0.1, 0.15) is 0 Å². The summed E-state index contributed by atoms with van der Waals surface area (Å²) in [6, 6.07) is 0. The van der Waals surface area contributed by atoms with E-state index < -0.39 is 11.6 Å². The zero-order valence-corrected chi connectivity index (χ0v) is 10.9. The van der Waals surface area contributed by atoms with Crippen LogP contribution in [0.25, 0.3) is 0 Å². The van der Waals surface area contributed by atoms with E-state index in [1.54, 1.807) is 0 Å². The van der Waals surface area contributed by atoms with Gasteiger partial charge in [-0.1, -0.05) is 19.3 Å². The van der Waals surface area contributed by atoms with Crippen LogP contribution in [-0.4, -0.2) is 34.2 Å². The minimum atomic E-state index is -1.38. The number of nitrogens with one attached hydrogen (secondary N) is 1. The third-order valence-corrected chi connectivity index (χ3v) is 3.40. The highest BCUT2D eigenvalue weighted by Crippen LogP contribution is 2.26. The molecule has 104 valence electrons. The normalized spacial score (nSPS) is 20.1. The quantitative estimate of drug-likeness (QED) is 0.669. The van der Waals surface area contributed by atoms with E-state index in [9.17, 15) is 14.7 Å². The molecular formula is C13H23NO4.